The molecule has 0 aromatic heterocycles. The van der Waals surface area contributed by atoms with Gasteiger partial charge in [-0.3, -0.25) is 0 Å². The van der Waals surface area contributed by atoms with Crippen LogP contribution < -0.4 is 5.73 Å². The summed E-state index contributed by atoms with van der Waals surface area (Å²) >= 11 is 3.14. The second kappa shape index (κ2) is 6.62. The molecule has 0 radical (unpaired) electrons. The summed E-state index contributed by atoms with van der Waals surface area (Å²) in [5.41, 5.74) is 6.04. The zero-order chi connectivity index (χ0) is 15.4. The quantitative estimate of drug-likeness (QED) is 0.514. The molecule has 2 aromatic rings. The summed E-state index contributed by atoms with van der Waals surface area (Å²) in [4.78, 5) is 4.92. The van der Waals surface area contributed by atoms with E-state index in [1.807, 2.05) is 0 Å². The monoisotopic (exact) mass is 358 g/mol. The molecule has 0 spiro atoms. The van der Waals surface area contributed by atoms with Gasteiger partial charge < -0.3 is 10.6 Å². The van der Waals surface area contributed by atoms with Crippen molar-refractivity contribution in [2.24, 2.45) is 10.9 Å². The molecule has 0 bridgehead atoms. The molecule has 7 heteroatoms. The molecule has 0 heterocycles. The van der Waals surface area contributed by atoms with Gasteiger partial charge in [-0.2, -0.15) is 0 Å². The van der Waals surface area contributed by atoms with Crippen molar-refractivity contribution in [1.29, 1.82) is 0 Å². The summed E-state index contributed by atoms with van der Waals surface area (Å²) in [5.74, 6) is -2.61. The Kier molecular flexibility index (Phi) is 4.85. The number of rotatable bonds is 4. The lowest BCUT2D eigenvalue weighted by Crippen LogP contribution is -2.14. The smallest absolute Gasteiger partial charge is 0.170 e. The third-order valence-electron chi connectivity index (χ3n) is 2.61. The van der Waals surface area contributed by atoms with Crippen LogP contribution in [0.25, 0.3) is 0 Å². The zero-order valence-electron chi connectivity index (χ0n) is 10.6. The second-order valence-corrected chi connectivity index (χ2v) is 5.03. The Morgan fingerprint density at radius 2 is 1.81 bits per heavy atom. The third kappa shape index (κ3) is 3.98. The van der Waals surface area contributed by atoms with Crippen LogP contribution in [0.2, 0.25) is 0 Å². The van der Waals surface area contributed by atoms with Crippen LogP contribution in [0.5, 0.6) is 0 Å². The van der Waals surface area contributed by atoms with Gasteiger partial charge in [-0.15, -0.1) is 0 Å². The van der Waals surface area contributed by atoms with Crippen molar-refractivity contribution in [2.45, 2.75) is 6.61 Å². The van der Waals surface area contributed by atoms with Crippen LogP contribution in [-0.2, 0) is 11.4 Å². The molecule has 3 nitrogen and oxygen atoms in total. The van der Waals surface area contributed by atoms with Crippen LogP contribution in [0.1, 0.15) is 11.1 Å². The van der Waals surface area contributed by atoms with Crippen molar-refractivity contribution in [3.8, 4) is 0 Å². The van der Waals surface area contributed by atoms with E-state index in [2.05, 4.69) is 21.1 Å². The van der Waals surface area contributed by atoms with E-state index in [-0.39, 0.29) is 18.0 Å². The van der Waals surface area contributed by atoms with Crippen LogP contribution in [-0.4, -0.2) is 5.84 Å². The predicted molar refractivity (Wildman–Crippen MR) is 76.0 cm³/mol. The first-order chi connectivity index (χ1) is 9.97. The van der Waals surface area contributed by atoms with Gasteiger partial charge in [0.2, 0.25) is 0 Å². The van der Waals surface area contributed by atoms with Crippen LogP contribution >= 0.6 is 15.9 Å². The fourth-order valence-electron chi connectivity index (χ4n) is 1.52. The fourth-order valence-corrected chi connectivity index (χ4v) is 1.85. The van der Waals surface area contributed by atoms with Crippen molar-refractivity contribution in [2.75, 3.05) is 0 Å². The highest BCUT2D eigenvalue weighted by Crippen LogP contribution is 2.16. The fraction of sp³-hybridized carbons (Fsp3) is 0.0714. The van der Waals surface area contributed by atoms with E-state index in [0.717, 1.165) is 12.1 Å². The largest absolute Gasteiger partial charge is 0.389 e. The number of nitrogens with two attached hydrogens (primary N) is 1. The maximum absolute atomic E-state index is 13.5. The van der Waals surface area contributed by atoms with Gasteiger partial charge in [0, 0.05) is 15.6 Å². The number of oxime groups is 1. The maximum atomic E-state index is 13.5. The zero-order valence-corrected chi connectivity index (χ0v) is 12.2. The second-order valence-electron chi connectivity index (χ2n) is 4.11. The lowest BCUT2D eigenvalue weighted by atomic mass is 10.2. The van der Waals surface area contributed by atoms with Crippen LogP contribution in [0.3, 0.4) is 0 Å². The molecule has 2 rings (SSSR count). The lowest BCUT2D eigenvalue weighted by Gasteiger charge is -2.04. The van der Waals surface area contributed by atoms with E-state index >= 15 is 0 Å². The van der Waals surface area contributed by atoms with E-state index in [0.29, 0.717) is 10.0 Å². The summed E-state index contributed by atoms with van der Waals surface area (Å²) in [6.07, 6.45) is 0. The molecule has 0 atom stereocenters. The first-order valence-electron chi connectivity index (χ1n) is 5.82. The van der Waals surface area contributed by atoms with Gasteiger partial charge in [0.25, 0.3) is 0 Å². The lowest BCUT2D eigenvalue weighted by molar-refractivity contribution is 0.127. The molecule has 0 aliphatic heterocycles. The number of hydrogen-bond donors (Lipinski definition) is 1. The Morgan fingerprint density at radius 3 is 2.48 bits per heavy atom. The molecule has 21 heavy (non-hydrogen) atoms. The van der Waals surface area contributed by atoms with Gasteiger partial charge in [-0.1, -0.05) is 27.2 Å². The highest BCUT2D eigenvalue weighted by Gasteiger charge is 2.07. The van der Waals surface area contributed by atoms with Crippen molar-refractivity contribution in [3.63, 3.8) is 0 Å². The van der Waals surface area contributed by atoms with E-state index in [1.165, 1.54) is 18.2 Å². The molecule has 0 aliphatic carbocycles. The van der Waals surface area contributed by atoms with E-state index in [1.54, 1.807) is 6.07 Å². The SMILES string of the molecule is N/C(=N/OCc1ccc(Br)cc1F)c1ccc(F)c(F)c1. The number of amidine groups is 1. The Labute approximate surface area is 127 Å². The van der Waals surface area contributed by atoms with Gasteiger partial charge in [0.1, 0.15) is 12.4 Å². The molecule has 0 aliphatic rings. The summed E-state index contributed by atoms with van der Waals surface area (Å²) < 4.78 is 39.9. The molecule has 0 saturated carbocycles. The number of nitrogens with zero attached hydrogens (tertiary/aromatic N) is 1. The molecule has 110 valence electrons. The number of benzene rings is 2. The summed E-state index contributed by atoms with van der Waals surface area (Å²) in [5, 5.41) is 3.55. The minimum Gasteiger partial charge on any atom is -0.389 e. The molecule has 0 amide bonds. The molecule has 2 aromatic carbocycles. The summed E-state index contributed by atoms with van der Waals surface area (Å²) in [6, 6.07) is 7.58. The summed E-state index contributed by atoms with van der Waals surface area (Å²) in [7, 11) is 0. The average molecular weight is 359 g/mol. The van der Waals surface area contributed by atoms with E-state index in [9.17, 15) is 13.2 Å². The Hall–Kier alpha value is -2.02. The minimum absolute atomic E-state index is 0.133. The van der Waals surface area contributed by atoms with Gasteiger partial charge in [-0.05, 0) is 30.3 Å². The molecule has 0 unspecified atom stereocenters. The van der Waals surface area contributed by atoms with Gasteiger partial charge >= 0.3 is 0 Å². The predicted octanol–water partition coefficient (Wildman–Crippen LogP) is 3.70. The van der Waals surface area contributed by atoms with E-state index in [4.69, 9.17) is 10.6 Å². The highest BCUT2D eigenvalue weighted by molar-refractivity contribution is 9.10. The van der Waals surface area contributed by atoms with Gasteiger partial charge in [0.05, 0.1) is 0 Å². The Balaban J connectivity index is 2.04. The molecular weight excluding hydrogens is 349 g/mol. The standard InChI is InChI=1S/C14H10BrF3N2O/c15-10-3-1-9(12(17)6-10)7-21-20-14(19)8-2-4-11(16)13(18)5-8/h1-6H,7H2,(H2,19,20). The molecular formula is C14H10BrF3N2O. The third-order valence-corrected chi connectivity index (χ3v) is 3.11. The van der Waals surface area contributed by atoms with Crippen molar-refractivity contribution in [1.82, 2.24) is 0 Å². The number of halogens is 4. The Bertz CT molecular complexity index is 692. The average Bonchev–Trinajstić information content (AvgIpc) is 2.44. The van der Waals surface area contributed by atoms with Crippen LogP contribution in [0.15, 0.2) is 46.0 Å². The van der Waals surface area contributed by atoms with Crippen molar-refractivity contribution >= 4 is 21.8 Å². The number of hydrogen-bond acceptors (Lipinski definition) is 2. The maximum Gasteiger partial charge on any atom is 0.170 e. The molecule has 2 N–H and O–H groups in total. The van der Waals surface area contributed by atoms with E-state index < -0.39 is 17.5 Å². The molecule has 0 fully saturated rings. The van der Waals surface area contributed by atoms with Crippen molar-refractivity contribution < 1.29 is 18.0 Å². The normalized spacial score (nSPS) is 11.5. The van der Waals surface area contributed by atoms with Crippen molar-refractivity contribution in [3.05, 3.63) is 69.4 Å². The topological polar surface area (TPSA) is 47.6 Å². The minimum atomic E-state index is -1.04. The first-order valence-corrected chi connectivity index (χ1v) is 6.61. The van der Waals surface area contributed by atoms with Gasteiger partial charge in [0.15, 0.2) is 17.5 Å². The highest BCUT2D eigenvalue weighted by atomic mass is 79.9. The first kappa shape index (κ1) is 15.4. The summed E-state index contributed by atoms with van der Waals surface area (Å²) in [6.45, 7) is -0.135. The molecule has 0 saturated heterocycles. The van der Waals surface area contributed by atoms with Crippen LogP contribution in [0.4, 0.5) is 13.2 Å². The Morgan fingerprint density at radius 1 is 1.05 bits per heavy atom. The van der Waals surface area contributed by atoms with Gasteiger partial charge in [-0.25, -0.2) is 13.2 Å². The van der Waals surface area contributed by atoms with Crippen LogP contribution in [0, 0.1) is 17.5 Å².